The summed E-state index contributed by atoms with van der Waals surface area (Å²) in [5.41, 5.74) is 13.4. The second kappa shape index (κ2) is 13.0. The summed E-state index contributed by atoms with van der Waals surface area (Å²) in [4.78, 5) is 21.5. The molecule has 4 heteroatoms. The van der Waals surface area contributed by atoms with Crippen molar-refractivity contribution in [3.05, 3.63) is 157 Å². The Kier molecular flexibility index (Phi) is 8.26. The number of benzene rings is 5. The van der Waals surface area contributed by atoms with E-state index >= 15 is 0 Å². The van der Waals surface area contributed by atoms with Gasteiger partial charge in [0.15, 0.2) is 0 Å². The van der Waals surface area contributed by atoms with E-state index in [1.807, 2.05) is 18.2 Å². The smallest absolute Gasteiger partial charge is 0.0974 e. The minimum absolute atomic E-state index is 0.0820. The van der Waals surface area contributed by atoms with Crippen LogP contribution in [0.5, 0.6) is 0 Å². The van der Waals surface area contributed by atoms with Gasteiger partial charge in [-0.25, -0.2) is 19.9 Å². The Morgan fingerprint density at radius 3 is 1.31 bits per heavy atom. The zero-order valence-electron chi connectivity index (χ0n) is 30.6. The number of nitrogens with zero attached hydrogens (tertiary/aromatic N) is 4. The van der Waals surface area contributed by atoms with E-state index in [4.69, 9.17) is 19.9 Å². The standard InChI is InChI=1S/C48H42N4/c1-47(2,3)39-28-26-34-25-27-37-38(30-40(48(4,5)6)50-46(37)44(34)49-39)35-23-16-24-36(29-35)45-43(33-21-14-9-15-22-33)51-41(31-17-10-7-11-18-31)42(52-45)32-19-12-8-13-20-32/h7-30H,1-6H3. The molecule has 0 unspecified atom stereocenters. The zero-order chi connectivity index (χ0) is 36.0. The molecule has 0 aliphatic rings. The summed E-state index contributed by atoms with van der Waals surface area (Å²) in [6.45, 7) is 13.3. The summed E-state index contributed by atoms with van der Waals surface area (Å²) < 4.78 is 0. The first kappa shape index (κ1) is 33.2. The highest BCUT2D eigenvalue weighted by Crippen LogP contribution is 2.40. The van der Waals surface area contributed by atoms with Gasteiger partial charge in [0.2, 0.25) is 0 Å². The van der Waals surface area contributed by atoms with Crippen LogP contribution in [0.3, 0.4) is 0 Å². The third-order valence-electron chi connectivity index (χ3n) is 9.66. The molecule has 3 heterocycles. The van der Waals surface area contributed by atoms with Crippen molar-refractivity contribution in [1.82, 2.24) is 19.9 Å². The number of rotatable bonds is 5. The molecule has 0 amide bonds. The number of fused-ring (bicyclic) bond motifs is 3. The minimum atomic E-state index is -0.172. The summed E-state index contributed by atoms with van der Waals surface area (Å²) in [6.07, 6.45) is 0. The highest BCUT2D eigenvalue weighted by atomic mass is 14.9. The lowest BCUT2D eigenvalue weighted by atomic mass is 9.87. The fourth-order valence-electron chi connectivity index (χ4n) is 6.77. The van der Waals surface area contributed by atoms with Crippen molar-refractivity contribution in [2.75, 3.05) is 0 Å². The van der Waals surface area contributed by atoms with E-state index in [0.717, 1.165) is 89.4 Å². The predicted octanol–water partition coefficient (Wildman–Crippen LogP) is 12.5. The van der Waals surface area contributed by atoms with Gasteiger partial charge in [-0.2, -0.15) is 0 Å². The van der Waals surface area contributed by atoms with Crippen molar-refractivity contribution in [3.63, 3.8) is 0 Å². The van der Waals surface area contributed by atoms with Crippen molar-refractivity contribution >= 4 is 21.8 Å². The minimum Gasteiger partial charge on any atom is -0.250 e. The quantitative estimate of drug-likeness (QED) is 0.171. The van der Waals surface area contributed by atoms with Crippen LogP contribution in [-0.4, -0.2) is 19.9 Å². The lowest BCUT2D eigenvalue weighted by Crippen LogP contribution is -2.15. The summed E-state index contributed by atoms with van der Waals surface area (Å²) in [5.74, 6) is 0. The maximum Gasteiger partial charge on any atom is 0.0974 e. The molecule has 0 N–H and O–H groups in total. The Morgan fingerprint density at radius 1 is 0.346 bits per heavy atom. The van der Waals surface area contributed by atoms with Crippen molar-refractivity contribution in [2.24, 2.45) is 0 Å². The number of hydrogen-bond acceptors (Lipinski definition) is 4. The molecule has 4 nitrogen and oxygen atoms in total. The van der Waals surface area contributed by atoms with Gasteiger partial charge in [-0.3, -0.25) is 0 Å². The van der Waals surface area contributed by atoms with E-state index in [0.29, 0.717) is 0 Å². The average molecular weight is 675 g/mol. The van der Waals surface area contributed by atoms with Gasteiger partial charge in [0, 0.05) is 55.2 Å². The SMILES string of the molecule is CC(C)(C)c1ccc2ccc3c(-c4cccc(-c5nc(-c6ccccc6)c(-c6ccccc6)nc5-c5ccccc5)c4)cc(C(C)(C)C)nc3c2n1. The van der Waals surface area contributed by atoms with E-state index in [9.17, 15) is 0 Å². The van der Waals surface area contributed by atoms with Crippen LogP contribution in [-0.2, 0) is 10.8 Å². The van der Waals surface area contributed by atoms with Crippen LogP contribution in [0.25, 0.3) is 78.0 Å². The molecule has 8 aromatic rings. The van der Waals surface area contributed by atoms with Crippen LogP contribution in [0.2, 0.25) is 0 Å². The molecule has 0 saturated heterocycles. The zero-order valence-corrected chi connectivity index (χ0v) is 30.6. The first-order valence-corrected chi connectivity index (χ1v) is 18.0. The fraction of sp³-hybridized carbons (Fsp3) is 0.167. The first-order chi connectivity index (χ1) is 25.0. The molecule has 52 heavy (non-hydrogen) atoms. The summed E-state index contributed by atoms with van der Waals surface area (Å²) in [5, 5.41) is 2.17. The van der Waals surface area contributed by atoms with Crippen LogP contribution in [0.15, 0.2) is 146 Å². The molecule has 0 spiro atoms. The Balaban J connectivity index is 1.39. The van der Waals surface area contributed by atoms with Crippen LogP contribution >= 0.6 is 0 Å². The van der Waals surface area contributed by atoms with Crippen LogP contribution in [0.1, 0.15) is 52.9 Å². The van der Waals surface area contributed by atoms with Gasteiger partial charge >= 0.3 is 0 Å². The van der Waals surface area contributed by atoms with Gasteiger partial charge in [0.1, 0.15) is 0 Å². The molecule has 3 aromatic heterocycles. The Bertz CT molecular complexity index is 2560. The summed E-state index contributed by atoms with van der Waals surface area (Å²) in [6, 6.07) is 50.8. The van der Waals surface area contributed by atoms with Crippen LogP contribution < -0.4 is 0 Å². The van der Waals surface area contributed by atoms with Gasteiger partial charge in [-0.15, -0.1) is 0 Å². The number of pyridine rings is 2. The lowest BCUT2D eigenvalue weighted by molar-refractivity contribution is 0.570. The molecule has 0 aliphatic carbocycles. The van der Waals surface area contributed by atoms with E-state index in [1.165, 1.54) is 0 Å². The molecule has 0 fully saturated rings. The molecule has 0 radical (unpaired) electrons. The third kappa shape index (κ3) is 6.26. The normalized spacial score (nSPS) is 12.0. The lowest BCUT2D eigenvalue weighted by Gasteiger charge is -2.22. The van der Waals surface area contributed by atoms with Gasteiger partial charge in [-0.05, 0) is 29.3 Å². The Hall–Kier alpha value is -6.00. The largest absolute Gasteiger partial charge is 0.250 e. The van der Waals surface area contributed by atoms with E-state index in [-0.39, 0.29) is 10.8 Å². The van der Waals surface area contributed by atoms with Crippen molar-refractivity contribution in [3.8, 4) is 56.2 Å². The monoisotopic (exact) mass is 674 g/mol. The third-order valence-corrected chi connectivity index (χ3v) is 9.66. The molecule has 8 rings (SSSR count). The van der Waals surface area contributed by atoms with Crippen LogP contribution in [0.4, 0.5) is 0 Å². The second-order valence-electron chi connectivity index (χ2n) is 15.6. The van der Waals surface area contributed by atoms with Crippen molar-refractivity contribution < 1.29 is 0 Å². The molecule has 0 aliphatic heterocycles. The molecule has 0 saturated carbocycles. The van der Waals surface area contributed by atoms with Crippen molar-refractivity contribution in [2.45, 2.75) is 52.4 Å². The molecule has 0 atom stereocenters. The van der Waals surface area contributed by atoms with Gasteiger partial charge in [0.05, 0.1) is 33.8 Å². The summed E-state index contributed by atoms with van der Waals surface area (Å²) >= 11 is 0. The predicted molar refractivity (Wildman–Crippen MR) is 217 cm³/mol. The van der Waals surface area contributed by atoms with E-state index in [2.05, 4.69) is 169 Å². The van der Waals surface area contributed by atoms with Gasteiger partial charge in [-0.1, -0.05) is 169 Å². The first-order valence-electron chi connectivity index (χ1n) is 18.0. The van der Waals surface area contributed by atoms with Crippen LogP contribution in [0, 0.1) is 0 Å². The highest BCUT2D eigenvalue weighted by Gasteiger charge is 2.23. The molecule has 0 bridgehead atoms. The maximum atomic E-state index is 5.51. The topological polar surface area (TPSA) is 51.6 Å². The number of aromatic nitrogens is 4. The molecule has 254 valence electrons. The van der Waals surface area contributed by atoms with E-state index < -0.39 is 0 Å². The maximum absolute atomic E-state index is 5.51. The molecule has 5 aromatic carbocycles. The average Bonchev–Trinajstić information content (AvgIpc) is 3.17. The Labute approximate surface area is 306 Å². The second-order valence-corrected chi connectivity index (χ2v) is 15.6. The van der Waals surface area contributed by atoms with Gasteiger partial charge < -0.3 is 0 Å². The molecular weight excluding hydrogens is 633 g/mol. The highest BCUT2D eigenvalue weighted by molar-refractivity contribution is 6.08. The molecular formula is C48H42N4. The van der Waals surface area contributed by atoms with E-state index in [1.54, 1.807) is 0 Å². The van der Waals surface area contributed by atoms with Crippen molar-refractivity contribution in [1.29, 1.82) is 0 Å². The Morgan fingerprint density at radius 2 is 0.788 bits per heavy atom. The fourth-order valence-corrected chi connectivity index (χ4v) is 6.77. The number of hydrogen-bond donors (Lipinski definition) is 0. The van der Waals surface area contributed by atoms with Gasteiger partial charge in [0.25, 0.3) is 0 Å². The summed E-state index contributed by atoms with van der Waals surface area (Å²) in [7, 11) is 0.